The molecule has 2 aliphatic heterocycles. The molecule has 2 heterocycles. The number of allylic oxidation sites excluding steroid dienone is 1. The molecule has 2 aliphatic rings. The van der Waals surface area contributed by atoms with E-state index in [0.717, 1.165) is 4.91 Å². The van der Waals surface area contributed by atoms with Crippen LogP contribution in [0.5, 0.6) is 17.2 Å². The smallest absolute Gasteiger partial charge is 0.343 e. The Balaban J connectivity index is 1.67. The highest BCUT2D eigenvalue weighted by molar-refractivity contribution is 9.10. The first-order valence-electron chi connectivity index (χ1n) is 10.2. The average molecular weight is 542 g/mol. The number of halogens is 1. The summed E-state index contributed by atoms with van der Waals surface area (Å²) in [5.74, 6) is 0.0262. The fourth-order valence-electron chi connectivity index (χ4n) is 3.30. The third kappa shape index (κ3) is 4.78. The second kappa shape index (κ2) is 9.86. The number of aliphatic imine (C=N–C) groups is 1. The Labute approximate surface area is 208 Å². The van der Waals surface area contributed by atoms with E-state index in [1.54, 1.807) is 53.6 Å². The summed E-state index contributed by atoms with van der Waals surface area (Å²) in [6.07, 6.45) is 3.34. The number of thioether (sulfide) groups is 1. The molecule has 1 amide bonds. The second-order valence-electron chi connectivity index (χ2n) is 7.20. The number of hydrogen-bond acceptors (Lipinski definition) is 7. The van der Waals surface area contributed by atoms with E-state index in [4.69, 9.17) is 19.6 Å². The summed E-state index contributed by atoms with van der Waals surface area (Å²) >= 11 is 4.79. The molecule has 0 spiro atoms. The lowest BCUT2D eigenvalue weighted by Gasteiger charge is -2.22. The van der Waals surface area contributed by atoms with E-state index in [1.807, 2.05) is 13.8 Å². The number of amidine groups is 2. The van der Waals surface area contributed by atoms with Gasteiger partial charge in [-0.2, -0.15) is 4.99 Å². The first-order valence-corrected chi connectivity index (χ1v) is 11.8. The third-order valence-corrected chi connectivity index (χ3v) is 6.32. The van der Waals surface area contributed by atoms with E-state index in [-0.39, 0.29) is 17.2 Å². The molecule has 34 heavy (non-hydrogen) atoms. The van der Waals surface area contributed by atoms with Gasteiger partial charge in [0, 0.05) is 11.1 Å². The minimum atomic E-state index is -0.577. The van der Waals surface area contributed by atoms with Gasteiger partial charge < -0.3 is 14.2 Å². The zero-order chi connectivity index (χ0) is 24.4. The Kier molecular flexibility index (Phi) is 6.90. The number of esters is 1. The zero-order valence-electron chi connectivity index (χ0n) is 18.5. The fourth-order valence-corrected chi connectivity index (χ4v) is 4.66. The van der Waals surface area contributed by atoms with Gasteiger partial charge in [-0.25, -0.2) is 4.79 Å². The topological polar surface area (TPSA) is 101 Å². The number of amides is 1. The van der Waals surface area contributed by atoms with Crippen LogP contribution in [0.4, 0.5) is 0 Å². The number of rotatable bonds is 6. The van der Waals surface area contributed by atoms with Gasteiger partial charge in [-0.15, -0.1) is 0 Å². The van der Waals surface area contributed by atoms with Gasteiger partial charge >= 0.3 is 5.97 Å². The van der Waals surface area contributed by atoms with Crippen molar-refractivity contribution in [3.8, 4) is 17.2 Å². The molecule has 0 atom stereocenters. The van der Waals surface area contributed by atoms with Crippen LogP contribution in [0.2, 0.25) is 0 Å². The van der Waals surface area contributed by atoms with Gasteiger partial charge in [0.2, 0.25) is 0 Å². The molecule has 0 fully saturated rings. The molecule has 0 aromatic heterocycles. The summed E-state index contributed by atoms with van der Waals surface area (Å²) in [6.45, 7) is 4.03. The van der Waals surface area contributed by atoms with E-state index in [1.165, 1.54) is 18.9 Å². The molecule has 1 N–H and O–H groups in total. The number of hydrogen-bond donors (Lipinski definition) is 1. The summed E-state index contributed by atoms with van der Waals surface area (Å²) in [4.78, 5) is 32.0. The summed E-state index contributed by atoms with van der Waals surface area (Å²) in [7, 11) is 1.52. The summed E-state index contributed by atoms with van der Waals surface area (Å²) in [5, 5.41) is 8.94. The standard InChI is InChI=1S/C24H20BrN3O5S/c1-4-32-19-10-14(8-17-21(26)28-12-13(2)34-24(28)27-22(17)29)9-18(25)20(19)33-23(30)15-6-5-7-16(11-15)31-3/h5-12,26H,4H2,1-3H3/b17-8+,26-21?. The highest BCUT2D eigenvalue weighted by Crippen LogP contribution is 2.39. The van der Waals surface area contributed by atoms with Crippen molar-refractivity contribution in [3.05, 3.63) is 68.7 Å². The van der Waals surface area contributed by atoms with Crippen molar-refractivity contribution in [2.24, 2.45) is 4.99 Å². The van der Waals surface area contributed by atoms with Gasteiger partial charge in [0.05, 0.1) is 29.3 Å². The molecule has 10 heteroatoms. The van der Waals surface area contributed by atoms with Crippen molar-refractivity contribution in [1.82, 2.24) is 4.90 Å². The maximum atomic E-state index is 12.7. The van der Waals surface area contributed by atoms with E-state index >= 15 is 0 Å². The molecule has 4 rings (SSSR count). The van der Waals surface area contributed by atoms with Crippen molar-refractivity contribution in [1.29, 1.82) is 5.41 Å². The Morgan fingerprint density at radius 2 is 2.09 bits per heavy atom. The van der Waals surface area contributed by atoms with E-state index in [0.29, 0.717) is 38.9 Å². The Hall–Kier alpha value is -3.37. The molecule has 0 saturated carbocycles. The average Bonchev–Trinajstić information content (AvgIpc) is 3.19. The van der Waals surface area contributed by atoms with Crippen molar-refractivity contribution >= 4 is 56.6 Å². The number of methoxy groups -OCH3 is 1. The number of carbonyl (C=O) groups is 2. The van der Waals surface area contributed by atoms with Crippen LogP contribution in [0.1, 0.15) is 29.8 Å². The van der Waals surface area contributed by atoms with Gasteiger partial charge in [-0.1, -0.05) is 17.8 Å². The van der Waals surface area contributed by atoms with Crippen molar-refractivity contribution in [3.63, 3.8) is 0 Å². The SMILES string of the molecule is CCOc1cc(/C=C2\C(=N)N3C=C(C)SC3=NC2=O)cc(Br)c1OC(=O)c1cccc(OC)c1. The van der Waals surface area contributed by atoms with Crippen LogP contribution < -0.4 is 14.2 Å². The first-order chi connectivity index (χ1) is 16.3. The monoisotopic (exact) mass is 541 g/mol. The van der Waals surface area contributed by atoms with Crippen LogP contribution >= 0.6 is 27.7 Å². The zero-order valence-corrected chi connectivity index (χ0v) is 21.0. The van der Waals surface area contributed by atoms with E-state index < -0.39 is 11.9 Å². The molecule has 8 nitrogen and oxygen atoms in total. The molecule has 0 saturated heterocycles. The lowest BCUT2D eigenvalue weighted by molar-refractivity contribution is -0.114. The van der Waals surface area contributed by atoms with E-state index in [9.17, 15) is 9.59 Å². The minimum Gasteiger partial charge on any atom is -0.497 e. The van der Waals surface area contributed by atoms with Gasteiger partial charge in [-0.3, -0.25) is 15.1 Å². The van der Waals surface area contributed by atoms with Crippen LogP contribution in [0.25, 0.3) is 6.08 Å². The van der Waals surface area contributed by atoms with Gasteiger partial charge in [0.1, 0.15) is 11.6 Å². The van der Waals surface area contributed by atoms with E-state index in [2.05, 4.69) is 20.9 Å². The quantitative estimate of drug-likeness (QED) is 0.303. The molecule has 0 radical (unpaired) electrons. The molecule has 0 unspecified atom stereocenters. The predicted octanol–water partition coefficient (Wildman–Crippen LogP) is 5.24. The van der Waals surface area contributed by atoms with Crippen molar-refractivity contribution in [2.75, 3.05) is 13.7 Å². The molecule has 174 valence electrons. The summed E-state index contributed by atoms with van der Waals surface area (Å²) in [5.41, 5.74) is 1.04. The Morgan fingerprint density at radius 3 is 2.82 bits per heavy atom. The van der Waals surface area contributed by atoms with Gasteiger partial charge in [0.15, 0.2) is 16.7 Å². The Bertz CT molecular complexity index is 1300. The number of ether oxygens (including phenoxy) is 3. The summed E-state index contributed by atoms with van der Waals surface area (Å²) < 4.78 is 17.0. The van der Waals surface area contributed by atoms with Gasteiger partial charge in [0.25, 0.3) is 5.91 Å². The molecular formula is C24H20BrN3O5S. The number of benzene rings is 2. The maximum absolute atomic E-state index is 12.7. The van der Waals surface area contributed by atoms with Crippen LogP contribution in [0, 0.1) is 5.41 Å². The lowest BCUT2D eigenvalue weighted by Crippen LogP contribution is -2.35. The highest BCUT2D eigenvalue weighted by atomic mass is 79.9. The lowest BCUT2D eigenvalue weighted by atomic mass is 10.1. The fraction of sp³-hybridized carbons (Fsp3) is 0.167. The van der Waals surface area contributed by atoms with Crippen LogP contribution in [-0.4, -0.2) is 41.5 Å². The normalized spacial score (nSPS) is 16.2. The number of fused-ring (bicyclic) bond motifs is 1. The van der Waals surface area contributed by atoms with Gasteiger partial charge in [-0.05, 0) is 71.7 Å². The highest BCUT2D eigenvalue weighted by Gasteiger charge is 2.33. The molecule has 2 aromatic rings. The number of nitrogens with zero attached hydrogens (tertiary/aromatic N) is 2. The van der Waals surface area contributed by atoms with Crippen LogP contribution in [0.15, 0.2) is 62.5 Å². The minimum absolute atomic E-state index is 0.0435. The first kappa shape index (κ1) is 23.8. The largest absolute Gasteiger partial charge is 0.497 e. The maximum Gasteiger partial charge on any atom is 0.343 e. The van der Waals surface area contributed by atoms with Crippen molar-refractivity contribution in [2.45, 2.75) is 13.8 Å². The molecule has 0 bridgehead atoms. The number of nitrogens with one attached hydrogen (secondary N) is 1. The molecule has 0 aliphatic carbocycles. The van der Waals surface area contributed by atoms with Crippen molar-refractivity contribution < 1.29 is 23.8 Å². The second-order valence-corrected chi connectivity index (χ2v) is 9.27. The molecule has 2 aromatic carbocycles. The third-order valence-electron chi connectivity index (χ3n) is 4.84. The Morgan fingerprint density at radius 1 is 1.29 bits per heavy atom. The van der Waals surface area contributed by atoms with Crippen LogP contribution in [-0.2, 0) is 4.79 Å². The predicted molar refractivity (Wildman–Crippen MR) is 135 cm³/mol. The number of carbonyl (C=O) groups excluding carboxylic acids is 2. The summed E-state index contributed by atoms with van der Waals surface area (Å²) in [6, 6.07) is 9.97. The van der Waals surface area contributed by atoms with Crippen LogP contribution in [0.3, 0.4) is 0 Å². The molecular weight excluding hydrogens is 522 g/mol.